The molecule has 0 rings (SSSR count). The first-order valence-electron chi connectivity index (χ1n) is 6.24. The van der Waals surface area contributed by atoms with Gasteiger partial charge in [0.15, 0.2) is 0 Å². The van der Waals surface area contributed by atoms with E-state index < -0.39 is 0 Å². The van der Waals surface area contributed by atoms with Crippen LogP contribution in [0.4, 0.5) is 0 Å². The molecule has 0 aliphatic rings. The highest BCUT2D eigenvalue weighted by molar-refractivity contribution is 4.72. The minimum Gasteiger partial charge on any atom is -0.329 e. The Morgan fingerprint density at radius 3 is 2.07 bits per heavy atom. The number of hydrogen-bond acceptors (Lipinski definition) is 3. The van der Waals surface area contributed by atoms with E-state index in [1.165, 1.54) is 25.8 Å². The monoisotopic (exact) mass is 215 g/mol. The van der Waals surface area contributed by atoms with Gasteiger partial charge in [0.2, 0.25) is 0 Å². The maximum Gasteiger partial charge on any atom is 0.0218 e. The van der Waals surface area contributed by atoms with Gasteiger partial charge in [-0.3, -0.25) is 4.90 Å². The van der Waals surface area contributed by atoms with E-state index in [4.69, 9.17) is 5.73 Å². The fourth-order valence-electron chi connectivity index (χ4n) is 1.88. The van der Waals surface area contributed by atoms with Gasteiger partial charge in [-0.25, -0.2) is 0 Å². The van der Waals surface area contributed by atoms with Gasteiger partial charge in [-0.2, -0.15) is 0 Å². The number of nitrogens with zero attached hydrogens (tertiary/aromatic N) is 2. The maximum atomic E-state index is 5.84. The lowest BCUT2D eigenvalue weighted by Crippen LogP contribution is -2.44. The molecule has 15 heavy (non-hydrogen) atoms. The molecule has 1 atom stereocenters. The lowest BCUT2D eigenvalue weighted by Gasteiger charge is -2.31. The quantitative estimate of drug-likeness (QED) is 0.631. The minimum atomic E-state index is 0.579. The molecule has 0 aromatic heterocycles. The fraction of sp³-hybridized carbons (Fsp3) is 1.00. The van der Waals surface area contributed by atoms with Crippen molar-refractivity contribution in [3.8, 4) is 0 Å². The van der Waals surface area contributed by atoms with Crippen LogP contribution in [-0.4, -0.2) is 56.1 Å². The summed E-state index contributed by atoms with van der Waals surface area (Å²) in [6.45, 7) is 8.71. The molecule has 1 unspecified atom stereocenters. The molecule has 0 spiro atoms. The standard InChI is InChI=1S/C12H29N3/c1-5-7-12(11-13)15(8-6-2)10-9-14(3)4/h12H,5-11,13H2,1-4H3. The third kappa shape index (κ3) is 6.88. The van der Waals surface area contributed by atoms with Crippen LogP contribution >= 0.6 is 0 Å². The molecule has 0 aromatic rings. The Hall–Kier alpha value is -0.120. The van der Waals surface area contributed by atoms with E-state index in [9.17, 15) is 0 Å². The predicted molar refractivity (Wildman–Crippen MR) is 68.2 cm³/mol. The van der Waals surface area contributed by atoms with Gasteiger partial charge in [-0.05, 0) is 33.5 Å². The SMILES string of the molecule is CCCC(CN)N(CCC)CCN(C)C. The van der Waals surface area contributed by atoms with Crippen LogP contribution in [0.1, 0.15) is 33.1 Å². The second-order valence-corrected chi connectivity index (χ2v) is 4.52. The highest BCUT2D eigenvalue weighted by Crippen LogP contribution is 2.06. The summed E-state index contributed by atoms with van der Waals surface area (Å²) in [7, 11) is 4.25. The zero-order chi connectivity index (χ0) is 11.7. The van der Waals surface area contributed by atoms with Crippen molar-refractivity contribution in [2.75, 3.05) is 40.3 Å². The third-order valence-corrected chi connectivity index (χ3v) is 2.76. The molecular weight excluding hydrogens is 186 g/mol. The lowest BCUT2D eigenvalue weighted by molar-refractivity contribution is 0.173. The van der Waals surface area contributed by atoms with Gasteiger partial charge < -0.3 is 10.6 Å². The summed E-state index contributed by atoms with van der Waals surface area (Å²) >= 11 is 0. The Morgan fingerprint density at radius 2 is 1.67 bits per heavy atom. The maximum absolute atomic E-state index is 5.84. The fourth-order valence-corrected chi connectivity index (χ4v) is 1.88. The van der Waals surface area contributed by atoms with Crippen LogP contribution < -0.4 is 5.73 Å². The minimum absolute atomic E-state index is 0.579. The van der Waals surface area contributed by atoms with Crippen molar-refractivity contribution in [1.29, 1.82) is 0 Å². The average molecular weight is 215 g/mol. The second kappa shape index (κ2) is 9.13. The molecule has 0 bridgehead atoms. The van der Waals surface area contributed by atoms with Gasteiger partial charge >= 0.3 is 0 Å². The normalized spacial score (nSPS) is 13.8. The number of rotatable bonds is 9. The van der Waals surface area contributed by atoms with Crippen LogP contribution in [-0.2, 0) is 0 Å². The predicted octanol–water partition coefficient (Wildman–Crippen LogP) is 1.39. The van der Waals surface area contributed by atoms with Crippen LogP contribution in [0.5, 0.6) is 0 Å². The van der Waals surface area contributed by atoms with E-state index in [0.717, 1.165) is 19.6 Å². The topological polar surface area (TPSA) is 32.5 Å². The zero-order valence-corrected chi connectivity index (χ0v) is 11.0. The smallest absolute Gasteiger partial charge is 0.0218 e. The molecule has 0 fully saturated rings. The van der Waals surface area contributed by atoms with E-state index in [-0.39, 0.29) is 0 Å². The molecule has 0 amide bonds. The number of hydrogen-bond donors (Lipinski definition) is 1. The van der Waals surface area contributed by atoms with Gasteiger partial charge in [0.25, 0.3) is 0 Å². The molecule has 0 aromatic carbocycles. The van der Waals surface area contributed by atoms with E-state index >= 15 is 0 Å². The molecule has 0 aliphatic carbocycles. The van der Waals surface area contributed by atoms with Crippen LogP contribution in [0.15, 0.2) is 0 Å². The molecule has 2 N–H and O–H groups in total. The molecule has 0 aliphatic heterocycles. The van der Waals surface area contributed by atoms with Crippen molar-refractivity contribution in [1.82, 2.24) is 9.80 Å². The first-order chi connectivity index (χ1) is 7.15. The highest BCUT2D eigenvalue weighted by Gasteiger charge is 2.14. The van der Waals surface area contributed by atoms with E-state index in [1.54, 1.807) is 0 Å². The Morgan fingerprint density at radius 1 is 1.00 bits per heavy atom. The summed E-state index contributed by atoms with van der Waals surface area (Å²) in [4.78, 5) is 4.78. The molecular formula is C12H29N3. The number of nitrogens with two attached hydrogens (primary N) is 1. The van der Waals surface area contributed by atoms with Crippen LogP contribution in [0.2, 0.25) is 0 Å². The van der Waals surface area contributed by atoms with Gasteiger partial charge in [-0.1, -0.05) is 20.3 Å². The van der Waals surface area contributed by atoms with Gasteiger partial charge in [0.1, 0.15) is 0 Å². The molecule has 3 nitrogen and oxygen atoms in total. The van der Waals surface area contributed by atoms with E-state index in [0.29, 0.717) is 6.04 Å². The average Bonchev–Trinajstić information content (AvgIpc) is 2.21. The van der Waals surface area contributed by atoms with Crippen molar-refractivity contribution in [3.05, 3.63) is 0 Å². The molecule has 0 heterocycles. The van der Waals surface area contributed by atoms with Gasteiger partial charge in [0, 0.05) is 25.7 Å². The third-order valence-electron chi connectivity index (χ3n) is 2.76. The molecule has 0 radical (unpaired) electrons. The lowest BCUT2D eigenvalue weighted by atomic mass is 10.1. The van der Waals surface area contributed by atoms with Gasteiger partial charge in [-0.15, -0.1) is 0 Å². The van der Waals surface area contributed by atoms with Crippen molar-refractivity contribution in [2.45, 2.75) is 39.2 Å². The molecule has 92 valence electrons. The van der Waals surface area contributed by atoms with Gasteiger partial charge in [0.05, 0.1) is 0 Å². The first kappa shape index (κ1) is 14.9. The largest absolute Gasteiger partial charge is 0.329 e. The summed E-state index contributed by atoms with van der Waals surface area (Å²) in [6.07, 6.45) is 3.67. The molecule has 0 saturated heterocycles. The Kier molecular flexibility index (Phi) is 9.06. The number of likely N-dealkylation sites (N-methyl/N-ethyl adjacent to an activating group) is 1. The Labute approximate surface area is 95.6 Å². The van der Waals surface area contributed by atoms with Crippen LogP contribution in [0.3, 0.4) is 0 Å². The van der Waals surface area contributed by atoms with E-state index in [1.807, 2.05) is 0 Å². The van der Waals surface area contributed by atoms with Crippen molar-refractivity contribution in [2.24, 2.45) is 5.73 Å². The Bertz CT molecular complexity index is 137. The Balaban J connectivity index is 4.07. The van der Waals surface area contributed by atoms with Crippen LogP contribution in [0, 0.1) is 0 Å². The summed E-state index contributed by atoms with van der Waals surface area (Å²) in [5.74, 6) is 0. The zero-order valence-electron chi connectivity index (χ0n) is 11.0. The van der Waals surface area contributed by atoms with E-state index in [2.05, 4.69) is 37.7 Å². The molecule has 0 saturated carbocycles. The van der Waals surface area contributed by atoms with Crippen LogP contribution in [0.25, 0.3) is 0 Å². The summed E-state index contributed by atoms with van der Waals surface area (Å²) in [5, 5.41) is 0. The highest BCUT2D eigenvalue weighted by atomic mass is 15.2. The van der Waals surface area contributed by atoms with Crippen molar-refractivity contribution in [3.63, 3.8) is 0 Å². The summed E-state index contributed by atoms with van der Waals surface area (Å²) in [6, 6.07) is 0.579. The molecule has 3 heteroatoms. The van der Waals surface area contributed by atoms with Crippen molar-refractivity contribution >= 4 is 0 Å². The second-order valence-electron chi connectivity index (χ2n) is 4.52. The summed E-state index contributed by atoms with van der Waals surface area (Å²) in [5.41, 5.74) is 5.84. The summed E-state index contributed by atoms with van der Waals surface area (Å²) < 4.78 is 0. The first-order valence-corrected chi connectivity index (χ1v) is 6.24. The van der Waals surface area contributed by atoms with Crippen molar-refractivity contribution < 1.29 is 0 Å².